The van der Waals surface area contributed by atoms with E-state index in [9.17, 15) is 14.7 Å². The molecule has 1 unspecified atom stereocenters. The van der Waals surface area contributed by atoms with Gasteiger partial charge in [0, 0.05) is 18.5 Å². The van der Waals surface area contributed by atoms with Crippen LogP contribution in [0.15, 0.2) is 12.2 Å². The maximum atomic E-state index is 12.1. The molecule has 4 heteroatoms. The highest BCUT2D eigenvalue weighted by molar-refractivity contribution is 5.89. The van der Waals surface area contributed by atoms with Crippen molar-refractivity contribution in [3.05, 3.63) is 12.2 Å². The van der Waals surface area contributed by atoms with Crippen molar-refractivity contribution in [2.75, 3.05) is 7.05 Å². The molecule has 0 radical (unpaired) electrons. The van der Waals surface area contributed by atoms with Gasteiger partial charge in [-0.1, -0.05) is 19.9 Å². The summed E-state index contributed by atoms with van der Waals surface area (Å²) in [6.45, 7) is 4.57. The Balaban J connectivity index is 1.68. The van der Waals surface area contributed by atoms with Gasteiger partial charge >= 0.3 is 5.97 Å². The molecule has 3 fully saturated rings. The largest absolute Gasteiger partial charge is 0.481 e. The molecule has 0 aromatic carbocycles. The molecule has 4 rings (SSSR count). The summed E-state index contributed by atoms with van der Waals surface area (Å²) in [5, 5.41) is 9.66. The second-order valence-electron chi connectivity index (χ2n) is 9.13. The van der Waals surface area contributed by atoms with Crippen molar-refractivity contribution < 1.29 is 14.7 Å². The van der Waals surface area contributed by atoms with Crippen molar-refractivity contribution in [2.45, 2.75) is 58.4 Å². The molecular weight excluding hydrogens is 302 g/mol. The van der Waals surface area contributed by atoms with E-state index >= 15 is 0 Å². The standard InChI is InChI=1S/C20H29NO3/c1-19-10-8-14-12(13(19)5-6-15(19)18(23)24)4-7-16-20(14,2)11-9-17(22)21(16)3/h9,11-16H,4-8,10H2,1-3H3,(H,23,24)/t12-,13-,14-,15+,16?,19-,20+/m0/s1. The van der Waals surface area contributed by atoms with Crippen LogP contribution in [0.2, 0.25) is 0 Å². The van der Waals surface area contributed by atoms with Crippen LogP contribution in [0.25, 0.3) is 0 Å². The molecule has 4 nitrogen and oxygen atoms in total. The van der Waals surface area contributed by atoms with Gasteiger partial charge in [0.1, 0.15) is 0 Å². The summed E-state index contributed by atoms with van der Waals surface area (Å²) in [5.74, 6) is 1.09. The molecule has 0 bridgehead atoms. The molecule has 1 N–H and O–H groups in total. The Kier molecular flexibility index (Phi) is 3.43. The SMILES string of the molecule is CN1C(=O)C=C[C@@]2(C)C1CC[C@H]1[C@@H]3CC[C@H](C(=O)O)[C@@]3(C)CC[C@@H]12. The van der Waals surface area contributed by atoms with E-state index in [2.05, 4.69) is 19.9 Å². The number of nitrogens with zero attached hydrogens (tertiary/aromatic N) is 1. The van der Waals surface area contributed by atoms with Crippen LogP contribution >= 0.6 is 0 Å². The van der Waals surface area contributed by atoms with Crippen LogP contribution < -0.4 is 0 Å². The van der Waals surface area contributed by atoms with Gasteiger partial charge in [-0.2, -0.15) is 0 Å². The van der Waals surface area contributed by atoms with E-state index < -0.39 is 5.97 Å². The molecule has 0 aromatic heterocycles. The molecule has 0 saturated heterocycles. The fraction of sp³-hybridized carbons (Fsp3) is 0.800. The van der Waals surface area contributed by atoms with E-state index in [1.165, 1.54) is 0 Å². The van der Waals surface area contributed by atoms with Gasteiger partial charge in [0.15, 0.2) is 0 Å². The Morgan fingerprint density at radius 1 is 1.17 bits per heavy atom. The van der Waals surface area contributed by atoms with E-state index in [0.717, 1.165) is 38.5 Å². The Bertz CT molecular complexity index is 614. The van der Waals surface area contributed by atoms with E-state index in [1.54, 1.807) is 6.08 Å². The zero-order valence-corrected chi connectivity index (χ0v) is 15.0. The van der Waals surface area contributed by atoms with Crippen molar-refractivity contribution in [2.24, 2.45) is 34.5 Å². The molecule has 1 aliphatic heterocycles. The van der Waals surface area contributed by atoms with Gasteiger partial charge < -0.3 is 10.0 Å². The minimum absolute atomic E-state index is 0.0314. The third-order valence-electron chi connectivity index (χ3n) is 8.43. The van der Waals surface area contributed by atoms with Crippen LogP contribution in [-0.4, -0.2) is 35.0 Å². The number of hydrogen-bond donors (Lipinski definition) is 1. The van der Waals surface area contributed by atoms with Crippen LogP contribution in [0, 0.1) is 34.5 Å². The van der Waals surface area contributed by atoms with Crippen LogP contribution in [0.5, 0.6) is 0 Å². The lowest BCUT2D eigenvalue weighted by molar-refractivity contribution is -0.152. The van der Waals surface area contributed by atoms with Crippen LogP contribution in [0.3, 0.4) is 0 Å². The number of aliphatic carboxylic acids is 1. The van der Waals surface area contributed by atoms with Crippen molar-refractivity contribution >= 4 is 11.9 Å². The number of carboxylic acids is 1. The van der Waals surface area contributed by atoms with Crippen LogP contribution in [0.1, 0.15) is 52.4 Å². The molecular formula is C20H29NO3. The number of carbonyl (C=O) groups excluding carboxylic acids is 1. The summed E-state index contributed by atoms with van der Waals surface area (Å²) >= 11 is 0. The molecule has 1 amide bonds. The van der Waals surface area contributed by atoms with Gasteiger partial charge in [-0.25, -0.2) is 0 Å². The second kappa shape index (κ2) is 5.09. The molecule has 1 heterocycles. The first-order chi connectivity index (χ1) is 11.3. The van der Waals surface area contributed by atoms with E-state index in [4.69, 9.17) is 0 Å². The summed E-state index contributed by atoms with van der Waals surface area (Å²) < 4.78 is 0. The number of carbonyl (C=O) groups is 2. The Labute approximate surface area is 144 Å². The van der Waals surface area contributed by atoms with Crippen LogP contribution in [-0.2, 0) is 9.59 Å². The van der Waals surface area contributed by atoms with Crippen LogP contribution in [0.4, 0.5) is 0 Å². The number of fused-ring (bicyclic) bond motifs is 5. The zero-order chi connectivity index (χ0) is 17.3. The highest BCUT2D eigenvalue weighted by Crippen LogP contribution is 2.65. The summed E-state index contributed by atoms with van der Waals surface area (Å²) in [6.07, 6.45) is 10.2. The first-order valence-corrected chi connectivity index (χ1v) is 9.48. The van der Waals surface area contributed by atoms with Gasteiger partial charge in [-0.15, -0.1) is 0 Å². The molecule has 3 saturated carbocycles. The molecule has 0 aromatic rings. The second-order valence-corrected chi connectivity index (χ2v) is 9.13. The molecule has 4 aliphatic rings. The van der Waals surface area contributed by atoms with Crippen molar-refractivity contribution in [1.82, 2.24) is 4.90 Å². The predicted octanol–water partition coefficient (Wildman–Crippen LogP) is 3.33. The lowest BCUT2D eigenvalue weighted by Gasteiger charge is -2.60. The summed E-state index contributed by atoms with van der Waals surface area (Å²) in [5.41, 5.74) is 0.0184. The summed E-state index contributed by atoms with van der Waals surface area (Å²) in [7, 11) is 1.94. The number of likely N-dealkylation sites (N-methyl/N-ethyl adjacent to an activating group) is 1. The van der Waals surface area contributed by atoms with Crippen molar-refractivity contribution in [3.63, 3.8) is 0 Å². The third-order valence-corrected chi connectivity index (χ3v) is 8.43. The van der Waals surface area contributed by atoms with Gasteiger partial charge in [0.25, 0.3) is 0 Å². The lowest BCUT2D eigenvalue weighted by Crippen LogP contribution is -2.59. The number of carboxylic acid groups (broad SMARTS) is 1. The Hall–Kier alpha value is -1.32. The molecule has 0 spiro atoms. The van der Waals surface area contributed by atoms with Gasteiger partial charge in [-0.05, 0) is 67.8 Å². The number of amides is 1. The zero-order valence-electron chi connectivity index (χ0n) is 15.0. The van der Waals surface area contributed by atoms with Crippen molar-refractivity contribution in [1.29, 1.82) is 0 Å². The fourth-order valence-electron chi connectivity index (χ4n) is 7.14. The first-order valence-electron chi connectivity index (χ1n) is 9.48. The summed E-state index contributed by atoms with van der Waals surface area (Å²) in [6, 6.07) is 0.303. The maximum Gasteiger partial charge on any atom is 0.307 e. The quantitative estimate of drug-likeness (QED) is 0.802. The third kappa shape index (κ3) is 1.91. The van der Waals surface area contributed by atoms with Crippen molar-refractivity contribution in [3.8, 4) is 0 Å². The minimum Gasteiger partial charge on any atom is -0.481 e. The molecule has 132 valence electrons. The van der Waals surface area contributed by atoms with E-state index in [1.807, 2.05) is 11.9 Å². The number of rotatable bonds is 1. The highest BCUT2D eigenvalue weighted by atomic mass is 16.4. The maximum absolute atomic E-state index is 12.1. The van der Waals surface area contributed by atoms with Gasteiger partial charge in [0.2, 0.25) is 5.91 Å². The predicted molar refractivity (Wildman–Crippen MR) is 91.2 cm³/mol. The van der Waals surface area contributed by atoms with E-state index in [-0.39, 0.29) is 22.7 Å². The monoisotopic (exact) mass is 331 g/mol. The number of hydrogen-bond acceptors (Lipinski definition) is 2. The topological polar surface area (TPSA) is 57.6 Å². The smallest absolute Gasteiger partial charge is 0.307 e. The highest BCUT2D eigenvalue weighted by Gasteiger charge is 2.61. The Morgan fingerprint density at radius 3 is 2.62 bits per heavy atom. The average molecular weight is 331 g/mol. The minimum atomic E-state index is -0.596. The summed E-state index contributed by atoms with van der Waals surface area (Å²) in [4.78, 5) is 25.8. The molecule has 24 heavy (non-hydrogen) atoms. The molecule has 7 atom stereocenters. The first kappa shape index (κ1) is 16.2. The Morgan fingerprint density at radius 2 is 1.92 bits per heavy atom. The molecule has 3 aliphatic carbocycles. The van der Waals surface area contributed by atoms with Gasteiger partial charge in [-0.3, -0.25) is 9.59 Å². The fourth-order valence-corrected chi connectivity index (χ4v) is 7.14. The average Bonchev–Trinajstić information content (AvgIpc) is 2.89. The van der Waals surface area contributed by atoms with Gasteiger partial charge in [0.05, 0.1) is 5.92 Å². The lowest BCUT2D eigenvalue weighted by atomic mass is 9.47. The normalized spacial score (nSPS) is 50.2. The van der Waals surface area contributed by atoms with E-state index in [0.29, 0.717) is 23.8 Å².